The van der Waals surface area contributed by atoms with Gasteiger partial charge in [0.05, 0.1) is 19.6 Å². The van der Waals surface area contributed by atoms with E-state index in [9.17, 15) is 4.79 Å². The SMILES string of the molecule is COC(=O)CC(C)C(C)Oc1ccc(Oc2ccc(Cl)cc2)cc1. The van der Waals surface area contributed by atoms with Crippen LogP contribution in [0.5, 0.6) is 17.2 Å². The van der Waals surface area contributed by atoms with E-state index in [0.717, 1.165) is 5.75 Å². The van der Waals surface area contributed by atoms with Gasteiger partial charge in [-0.3, -0.25) is 4.79 Å². The minimum Gasteiger partial charge on any atom is -0.490 e. The van der Waals surface area contributed by atoms with E-state index in [1.54, 1.807) is 12.1 Å². The number of halogens is 1. The lowest BCUT2D eigenvalue weighted by Gasteiger charge is -2.20. The molecule has 0 aliphatic heterocycles. The lowest BCUT2D eigenvalue weighted by atomic mass is 10.0. The summed E-state index contributed by atoms with van der Waals surface area (Å²) in [6.07, 6.45) is 0.224. The number of ether oxygens (including phenoxy) is 3. The molecule has 0 N–H and O–H groups in total. The van der Waals surface area contributed by atoms with Gasteiger partial charge in [0.15, 0.2) is 0 Å². The Morgan fingerprint density at radius 1 is 0.958 bits per heavy atom. The van der Waals surface area contributed by atoms with Gasteiger partial charge in [0.1, 0.15) is 17.2 Å². The molecule has 4 nitrogen and oxygen atoms in total. The average molecular weight is 349 g/mol. The van der Waals surface area contributed by atoms with Crippen molar-refractivity contribution in [1.29, 1.82) is 0 Å². The van der Waals surface area contributed by atoms with Crippen LogP contribution in [-0.2, 0) is 9.53 Å². The minimum absolute atomic E-state index is 0.0578. The predicted molar refractivity (Wildman–Crippen MR) is 93.9 cm³/mol. The highest BCUT2D eigenvalue weighted by Crippen LogP contribution is 2.26. The first-order chi connectivity index (χ1) is 11.5. The van der Waals surface area contributed by atoms with E-state index in [1.165, 1.54) is 7.11 Å². The Labute approximate surface area is 147 Å². The Bertz CT molecular complexity index is 652. The van der Waals surface area contributed by atoms with Crippen LogP contribution in [0.25, 0.3) is 0 Å². The summed E-state index contributed by atoms with van der Waals surface area (Å²) < 4.78 is 16.3. The summed E-state index contributed by atoms with van der Waals surface area (Å²) in [7, 11) is 1.39. The number of carbonyl (C=O) groups excluding carboxylic acids is 1. The van der Waals surface area contributed by atoms with Gasteiger partial charge in [-0.25, -0.2) is 0 Å². The lowest BCUT2D eigenvalue weighted by molar-refractivity contribution is -0.142. The zero-order chi connectivity index (χ0) is 17.5. The first-order valence-corrected chi connectivity index (χ1v) is 8.12. The maximum Gasteiger partial charge on any atom is 0.305 e. The van der Waals surface area contributed by atoms with Crippen molar-refractivity contribution in [1.82, 2.24) is 0 Å². The van der Waals surface area contributed by atoms with Crippen molar-refractivity contribution < 1.29 is 19.0 Å². The quantitative estimate of drug-likeness (QED) is 0.653. The summed E-state index contributed by atoms with van der Waals surface area (Å²) in [4.78, 5) is 11.3. The third-order valence-corrected chi connectivity index (χ3v) is 3.96. The van der Waals surface area contributed by atoms with E-state index in [1.807, 2.05) is 50.2 Å². The fraction of sp³-hybridized carbons (Fsp3) is 0.316. The number of methoxy groups -OCH3 is 1. The summed E-state index contributed by atoms with van der Waals surface area (Å²) in [5, 5.41) is 0.668. The van der Waals surface area contributed by atoms with Crippen LogP contribution in [0.3, 0.4) is 0 Å². The molecular weight excluding hydrogens is 328 g/mol. The summed E-state index contributed by atoms with van der Waals surface area (Å²) in [6, 6.07) is 14.5. The molecule has 2 atom stereocenters. The Morgan fingerprint density at radius 3 is 2.00 bits per heavy atom. The molecule has 5 heteroatoms. The van der Waals surface area contributed by atoms with Crippen LogP contribution in [0.15, 0.2) is 48.5 Å². The molecule has 0 aliphatic carbocycles. The van der Waals surface area contributed by atoms with Crippen LogP contribution in [0.2, 0.25) is 5.02 Å². The zero-order valence-electron chi connectivity index (χ0n) is 14.0. The van der Waals surface area contributed by atoms with Crippen LogP contribution in [0, 0.1) is 5.92 Å². The summed E-state index contributed by atoms with van der Waals surface area (Å²) in [6.45, 7) is 3.89. The van der Waals surface area contributed by atoms with Crippen LogP contribution in [-0.4, -0.2) is 19.2 Å². The van der Waals surface area contributed by atoms with Crippen molar-refractivity contribution in [2.24, 2.45) is 5.92 Å². The van der Waals surface area contributed by atoms with Crippen LogP contribution in [0.1, 0.15) is 20.3 Å². The molecule has 0 saturated carbocycles. The average Bonchev–Trinajstić information content (AvgIpc) is 2.58. The first kappa shape index (κ1) is 18.1. The van der Waals surface area contributed by atoms with Gasteiger partial charge in [0.25, 0.3) is 0 Å². The largest absolute Gasteiger partial charge is 0.490 e. The summed E-state index contributed by atoms with van der Waals surface area (Å²) in [5.41, 5.74) is 0. The number of rotatable bonds is 7. The van der Waals surface area contributed by atoms with Gasteiger partial charge >= 0.3 is 5.97 Å². The third-order valence-electron chi connectivity index (χ3n) is 3.71. The van der Waals surface area contributed by atoms with E-state index in [2.05, 4.69) is 4.74 Å². The fourth-order valence-electron chi connectivity index (χ4n) is 2.07. The highest BCUT2D eigenvalue weighted by atomic mass is 35.5. The second-order valence-corrected chi connectivity index (χ2v) is 6.04. The van der Waals surface area contributed by atoms with Gasteiger partial charge < -0.3 is 14.2 Å². The number of hydrogen-bond donors (Lipinski definition) is 0. The number of carbonyl (C=O) groups is 1. The van der Waals surface area contributed by atoms with Gasteiger partial charge in [-0.05, 0) is 55.5 Å². The molecule has 2 aromatic carbocycles. The van der Waals surface area contributed by atoms with Crippen molar-refractivity contribution in [3.8, 4) is 17.2 Å². The van der Waals surface area contributed by atoms with E-state index < -0.39 is 0 Å². The topological polar surface area (TPSA) is 44.8 Å². The van der Waals surface area contributed by atoms with Gasteiger partial charge in [-0.15, -0.1) is 0 Å². The molecule has 2 unspecified atom stereocenters. The Kier molecular flexibility index (Phi) is 6.50. The van der Waals surface area contributed by atoms with Crippen molar-refractivity contribution in [3.63, 3.8) is 0 Å². The predicted octanol–water partition coefficient (Wildman–Crippen LogP) is 5.10. The molecule has 0 radical (unpaired) electrons. The molecule has 0 saturated heterocycles. The number of benzene rings is 2. The molecule has 128 valence electrons. The molecule has 0 amide bonds. The molecular formula is C19H21ClO4. The Morgan fingerprint density at radius 2 is 1.46 bits per heavy atom. The Balaban J connectivity index is 1.91. The first-order valence-electron chi connectivity index (χ1n) is 7.75. The second-order valence-electron chi connectivity index (χ2n) is 5.61. The molecule has 2 rings (SSSR count). The molecule has 0 heterocycles. The van der Waals surface area contributed by atoms with Crippen LogP contribution < -0.4 is 9.47 Å². The Hall–Kier alpha value is -2.20. The van der Waals surface area contributed by atoms with E-state index in [4.69, 9.17) is 21.1 Å². The second kappa shape index (κ2) is 8.60. The maximum absolute atomic E-state index is 11.3. The summed E-state index contributed by atoms with van der Waals surface area (Å²) in [5.74, 6) is 1.97. The molecule has 0 aliphatic rings. The van der Waals surface area contributed by atoms with Gasteiger partial charge in [0, 0.05) is 10.9 Å². The highest BCUT2D eigenvalue weighted by Gasteiger charge is 2.18. The van der Waals surface area contributed by atoms with Gasteiger partial charge in [0.2, 0.25) is 0 Å². The number of hydrogen-bond acceptors (Lipinski definition) is 4. The molecule has 0 bridgehead atoms. The minimum atomic E-state index is -0.232. The lowest BCUT2D eigenvalue weighted by Crippen LogP contribution is -2.24. The third kappa shape index (κ3) is 5.46. The van der Waals surface area contributed by atoms with Crippen molar-refractivity contribution in [3.05, 3.63) is 53.6 Å². The zero-order valence-corrected chi connectivity index (χ0v) is 14.7. The van der Waals surface area contributed by atoms with E-state index >= 15 is 0 Å². The normalized spacial score (nSPS) is 13.0. The molecule has 0 fully saturated rings. The highest BCUT2D eigenvalue weighted by molar-refractivity contribution is 6.30. The van der Waals surface area contributed by atoms with Crippen molar-refractivity contribution in [2.45, 2.75) is 26.4 Å². The van der Waals surface area contributed by atoms with Crippen molar-refractivity contribution in [2.75, 3.05) is 7.11 Å². The van der Waals surface area contributed by atoms with Crippen molar-refractivity contribution >= 4 is 17.6 Å². The fourth-order valence-corrected chi connectivity index (χ4v) is 2.19. The van der Waals surface area contributed by atoms with Gasteiger partial charge in [-0.2, -0.15) is 0 Å². The standard InChI is InChI=1S/C19H21ClO4/c1-13(12-19(21)22-3)14(2)23-16-8-10-18(11-9-16)24-17-6-4-15(20)5-7-17/h4-11,13-14H,12H2,1-3H3. The van der Waals surface area contributed by atoms with Gasteiger partial charge in [-0.1, -0.05) is 18.5 Å². The van der Waals surface area contributed by atoms with E-state index in [0.29, 0.717) is 22.9 Å². The molecule has 0 aromatic heterocycles. The molecule has 24 heavy (non-hydrogen) atoms. The molecule has 2 aromatic rings. The number of esters is 1. The maximum atomic E-state index is 11.3. The van der Waals surface area contributed by atoms with Crippen LogP contribution >= 0.6 is 11.6 Å². The van der Waals surface area contributed by atoms with Crippen LogP contribution in [0.4, 0.5) is 0 Å². The monoisotopic (exact) mass is 348 g/mol. The summed E-state index contributed by atoms with van der Waals surface area (Å²) >= 11 is 5.85. The molecule has 0 spiro atoms. The smallest absolute Gasteiger partial charge is 0.305 e. The van der Waals surface area contributed by atoms with E-state index in [-0.39, 0.29) is 18.0 Å².